The zero-order valence-corrected chi connectivity index (χ0v) is 10.9. The monoisotopic (exact) mass is 236 g/mol. The minimum atomic E-state index is -0.339. The van der Waals surface area contributed by atoms with Gasteiger partial charge in [0, 0.05) is 12.6 Å². The van der Waals surface area contributed by atoms with Crippen molar-refractivity contribution in [3.8, 4) is 0 Å². The molecular formula is C13H20N2O2. The lowest BCUT2D eigenvalue weighted by Crippen LogP contribution is -2.22. The van der Waals surface area contributed by atoms with Crippen molar-refractivity contribution in [3.63, 3.8) is 0 Å². The van der Waals surface area contributed by atoms with Gasteiger partial charge in [0.25, 0.3) is 5.69 Å². The van der Waals surface area contributed by atoms with Gasteiger partial charge in [0.1, 0.15) is 5.69 Å². The molecule has 0 unspecified atom stereocenters. The fourth-order valence-corrected chi connectivity index (χ4v) is 1.40. The quantitative estimate of drug-likeness (QED) is 0.625. The number of nitrogens with one attached hydrogen (secondary N) is 1. The molecule has 0 aliphatic heterocycles. The first-order chi connectivity index (χ1) is 7.85. The molecule has 0 aliphatic rings. The third kappa shape index (κ3) is 3.73. The molecule has 4 nitrogen and oxygen atoms in total. The number of hydrogen-bond donors (Lipinski definition) is 1. The number of benzene rings is 1. The largest absolute Gasteiger partial charge is 0.379 e. The highest BCUT2D eigenvalue weighted by Gasteiger charge is 2.18. The summed E-state index contributed by atoms with van der Waals surface area (Å²) in [5.74, 6) is 0. The fraction of sp³-hybridized carbons (Fsp3) is 0.538. The first-order valence-corrected chi connectivity index (χ1v) is 5.84. The van der Waals surface area contributed by atoms with Crippen molar-refractivity contribution in [1.29, 1.82) is 0 Å². The van der Waals surface area contributed by atoms with Crippen molar-refractivity contribution < 1.29 is 4.92 Å². The predicted molar refractivity (Wildman–Crippen MR) is 70.4 cm³/mol. The Labute approximate surface area is 102 Å². The van der Waals surface area contributed by atoms with Crippen LogP contribution in [0.2, 0.25) is 0 Å². The van der Waals surface area contributed by atoms with Crippen molar-refractivity contribution in [1.82, 2.24) is 0 Å². The molecule has 1 rings (SSSR count). The van der Waals surface area contributed by atoms with Crippen LogP contribution >= 0.6 is 0 Å². The summed E-state index contributed by atoms with van der Waals surface area (Å²) in [5.41, 5.74) is 1.79. The van der Waals surface area contributed by atoms with Crippen LogP contribution < -0.4 is 5.32 Å². The van der Waals surface area contributed by atoms with E-state index in [1.54, 1.807) is 12.1 Å². The minimum Gasteiger partial charge on any atom is -0.379 e. The summed E-state index contributed by atoms with van der Waals surface area (Å²) in [6.45, 7) is 8.98. The molecule has 0 saturated heterocycles. The molecule has 0 fully saturated rings. The van der Waals surface area contributed by atoms with Crippen molar-refractivity contribution in [2.24, 2.45) is 5.41 Å². The molecule has 1 N–H and O–H groups in total. The molecule has 17 heavy (non-hydrogen) atoms. The Morgan fingerprint density at radius 2 is 2.06 bits per heavy atom. The molecule has 1 aromatic carbocycles. The molecule has 0 radical (unpaired) electrons. The molecule has 0 aromatic heterocycles. The molecule has 0 bridgehead atoms. The van der Waals surface area contributed by atoms with Gasteiger partial charge in [-0.25, -0.2) is 0 Å². The third-order valence-electron chi connectivity index (χ3n) is 3.06. The van der Waals surface area contributed by atoms with E-state index in [1.165, 1.54) is 0 Å². The van der Waals surface area contributed by atoms with Gasteiger partial charge in [-0.15, -0.1) is 0 Å². The van der Waals surface area contributed by atoms with Gasteiger partial charge in [0.15, 0.2) is 0 Å². The summed E-state index contributed by atoms with van der Waals surface area (Å²) >= 11 is 0. The average molecular weight is 236 g/mol. The summed E-state index contributed by atoms with van der Waals surface area (Å²) in [4.78, 5) is 10.6. The van der Waals surface area contributed by atoms with Crippen LogP contribution in [0.4, 0.5) is 11.4 Å². The second kappa shape index (κ2) is 5.17. The SMILES string of the molecule is CCC(C)(C)CNc1ccc(C)cc1[N+](=O)[O-]. The number of nitrogens with zero attached hydrogens (tertiary/aromatic N) is 1. The van der Waals surface area contributed by atoms with E-state index in [1.807, 2.05) is 13.0 Å². The Morgan fingerprint density at radius 1 is 1.41 bits per heavy atom. The van der Waals surface area contributed by atoms with E-state index in [0.29, 0.717) is 5.69 Å². The highest BCUT2D eigenvalue weighted by Crippen LogP contribution is 2.27. The van der Waals surface area contributed by atoms with E-state index >= 15 is 0 Å². The van der Waals surface area contributed by atoms with Crippen LogP contribution in [0.5, 0.6) is 0 Å². The molecule has 0 heterocycles. The normalized spacial score (nSPS) is 11.3. The second-order valence-corrected chi connectivity index (χ2v) is 5.15. The molecule has 94 valence electrons. The summed E-state index contributed by atoms with van der Waals surface area (Å²) in [6, 6.07) is 5.26. The molecule has 0 aliphatic carbocycles. The van der Waals surface area contributed by atoms with Crippen LogP contribution in [0.1, 0.15) is 32.8 Å². The molecule has 4 heteroatoms. The molecule has 1 aromatic rings. The average Bonchev–Trinajstić information content (AvgIpc) is 2.27. The van der Waals surface area contributed by atoms with Crippen molar-refractivity contribution in [2.45, 2.75) is 34.1 Å². The van der Waals surface area contributed by atoms with E-state index < -0.39 is 0 Å². The Hall–Kier alpha value is -1.58. The van der Waals surface area contributed by atoms with Crippen molar-refractivity contribution in [3.05, 3.63) is 33.9 Å². The lowest BCUT2D eigenvalue weighted by atomic mass is 9.90. The van der Waals surface area contributed by atoms with Crippen LogP contribution in [0.3, 0.4) is 0 Å². The molecule has 0 atom stereocenters. The fourth-order valence-electron chi connectivity index (χ4n) is 1.40. The second-order valence-electron chi connectivity index (χ2n) is 5.15. The number of aryl methyl sites for hydroxylation is 1. The van der Waals surface area contributed by atoms with Crippen molar-refractivity contribution in [2.75, 3.05) is 11.9 Å². The van der Waals surface area contributed by atoms with E-state index in [-0.39, 0.29) is 16.0 Å². The zero-order chi connectivity index (χ0) is 13.1. The lowest BCUT2D eigenvalue weighted by molar-refractivity contribution is -0.384. The minimum absolute atomic E-state index is 0.138. The van der Waals surface area contributed by atoms with E-state index in [0.717, 1.165) is 18.5 Å². The zero-order valence-electron chi connectivity index (χ0n) is 10.9. The Morgan fingerprint density at radius 3 is 2.59 bits per heavy atom. The highest BCUT2D eigenvalue weighted by molar-refractivity contribution is 5.62. The van der Waals surface area contributed by atoms with E-state index in [2.05, 4.69) is 26.1 Å². The van der Waals surface area contributed by atoms with Gasteiger partial charge >= 0.3 is 0 Å². The maximum Gasteiger partial charge on any atom is 0.292 e. The number of nitro benzene ring substituents is 1. The van der Waals surface area contributed by atoms with Crippen LogP contribution in [0.15, 0.2) is 18.2 Å². The first-order valence-electron chi connectivity index (χ1n) is 5.84. The standard InChI is InChI=1S/C13H20N2O2/c1-5-13(3,4)9-14-11-7-6-10(2)8-12(11)15(16)17/h6-8,14H,5,9H2,1-4H3. The van der Waals surface area contributed by atoms with Gasteiger partial charge in [-0.1, -0.05) is 26.8 Å². The number of nitro groups is 1. The van der Waals surface area contributed by atoms with Crippen LogP contribution in [-0.4, -0.2) is 11.5 Å². The van der Waals surface area contributed by atoms with Gasteiger partial charge in [-0.2, -0.15) is 0 Å². The summed E-state index contributed by atoms with van der Waals surface area (Å²) in [6.07, 6.45) is 1.03. The Balaban J connectivity index is 2.88. The smallest absolute Gasteiger partial charge is 0.292 e. The van der Waals surface area contributed by atoms with E-state index in [4.69, 9.17) is 0 Å². The Kier molecular flexibility index (Phi) is 4.10. The number of hydrogen-bond acceptors (Lipinski definition) is 3. The summed E-state index contributed by atoms with van der Waals surface area (Å²) in [7, 11) is 0. The third-order valence-corrected chi connectivity index (χ3v) is 3.06. The van der Waals surface area contributed by atoms with Gasteiger partial charge in [-0.3, -0.25) is 10.1 Å². The molecule has 0 saturated carbocycles. The van der Waals surface area contributed by atoms with E-state index in [9.17, 15) is 10.1 Å². The van der Waals surface area contributed by atoms with Crippen molar-refractivity contribution >= 4 is 11.4 Å². The number of rotatable bonds is 5. The maximum absolute atomic E-state index is 10.9. The van der Waals surface area contributed by atoms with Gasteiger partial charge in [-0.05, 0) is 30.4 Å². The van der Waals surface area contributed by atoms with Crippen LogP contribution in [-0.2, 0) is 0 Å². The maximum atomic E-state index is 10.9. The van der Waals surface area contributed by atoms with Gasteiger partial charge in [0.05, 0.1) is 4.92 Å². The predicted octanol–water partition coefficient (Wildman–Crippen LogP) is 3.75. The molecule has 0 amide bonds. The van der Waals surface area contributed by atoms with Gasteiger partial charge in [0.2, 0.25) is 0 Å². The molecular weight excluding hydrogens is 216 g/mol. The molecule has 0 spiro atoms. The van der Waals surface area contributed by atoms with Crippen LogP contribution in [0.25, 0.3) is 0 Å². The van der Waals surface area contributed by atoms with Crippen LogP contribution in [0, 0.1) is 22.5 Å². The number of anilines is 1. The summed E-state index contributed by atoms with van der Waals surface area (Å²) < 4.78 is 0. The highest BCUT2D eigenvalue weighted by atomic mass is 16.6. The Bertz CT molecular complexity index is 414. The van der Waals surface area contributed by atoms with Gasteiger partial charge < -0.3 is 5.32 Å². The lowest BCUT2D eigenvalue weighted by Gasteiger charge is -2.23. The summed E-state index contributed by atoms with van der Waals surface area (Å²) in [5, 5.41) is 14.1. The first kappa shape index (κ1) is 13.5. The topological polar surface area (TPSA) is 55.2 Å².